The van der Waals surface area contributed by atoms with Crippen LogP contribution in [0.3, 0.4) is 0 Å². The molecule has 2 N–H and O–H groups in total. The van der Waals surface area contributed by atoms with Crippen molar-refractivity contribution in [2.75, 3.05) is 5.73 Å². The molecule has 0 aliphatic heterocycles. The molecule has 2 rings (SSSR count). The Morgan fingerprint density at radius 2 is 1.86 bits per heavy atom. The van der Waals surface area contributed by atoms with Gasteiger partial charge < -0.3 is 5.73 Å². The summed E-state index contributed by atoms with van der Waals surface area (Å²) in [5.41, 5.74) is 5.16. The minimum absolute atomic E-state index is 0.00350. The largest absolute Gasteiger partial charge is 0.416 e. The Morgan fingerprint density at radius 1 is 1.19 bits per heavy atom. The van der Waals surface area contributed by atoms with Crippen LogP contribution in [-0.4, -0.2) is 18.4 Å². The number of rotatable bonds is 2. The number of alkyl halides is 3. The Bertz CT molecular complexity index is 765. The van der Waals surface area contributed by atoms with E-state index < -0.39 is 27.3 Å². The number of aromatic nitrogens is 2. The average molecular weight is 317 g/mol. The maximum atomic E-state index is 12.7. The average Bonchev–Trinajstić information content (AvgIpc) is 2.37. The number of halogens is 3. The zero-order chi connectivity index (χ0) is 15.8. The quantitative estimate of drug-likeness (QED) is 0.828. The zero-order valence-electron chi connectivity index (χ0n) is 10.7. The zero-order valence-corrected chi connectivity index (χ0v) is 11.6. The van der Waals surface area contributed by atoms with E-state index in [1.165, 1.54) is 6.20 Å². The molecule has 0 aliphatic rings. The molecule has 0 saturated heterocycles. The second-order valence-corrected chi connectivity index (χ2v) is 5.21. The first-order chi connectivity index (χ1) is 9.70. The summed E-state index contributed by atoms with van der Waals surface area (Å²) < 4.78 is 60.5. The third-order valence-corrected chi connectivity index (χ3v) is 3.57. The summed E-state index contributed by atoms with van der Waals surface area (Å²) in [5.74, 6) is -0.00350. The SMILES string of the molecule is Cc1nc(N)ncc1-c1ccc(C(F)(F)F)cc1[SH](=O)=O. The normalized spacial score (nSPS) is 11.9. The highest BCUT2D eigenvalue weighted by Crippen LogP contribution is 2.34. The molecule has 1 heterocycles. The monoisotopic (exact) mass is 317 g/mol. The topological polar surface area (TPSA) is 85.9 Å². The van der Waals surface area contributed by atoms with Crippen molar-refractivity contribution >= 4 is 16.7 Å². The fraction of sp³-hybridized carbons (Fsp3) is 0.167. The Hall–Kier alpha value is -2.16. The first kappa shape index (κ1) is 15.2. The lowest BCUT2D eigenvalue weighted by Crippen LogP contribution is -2.06. The van der Waals surface area contributed by atoms with Crippen LogP contribution in [0, 0.1) is 6.92 Å². The number of aryl methyl sites for hydroxylation is 1. The standard InChI is InChI=1S/C12H10F3N3O2S/c1-6-9(5-17-11(16)18-6)8-3-2-7(12(13,14)15)4-10(8)21(19)20/h2-5,21H,1H3,(H2,16,17,18). The van der Waals surface area contributed by atoms with Gasteiger partial charge in [0.2, 0.25) is 5.95 Å². The van der Waals surface area contributed by atoms with Gasteiger partial charge in [0, 0.05) is 17.3 Å². The minimum Gasteiger partial charge on any atom is -0.368 e. The van der Waals surface area contributed by atoms with E-state index in [-0.39, 0.29) is 11.5 Å². The van der Waals surface area contributed by atoms with Crippen LogP contribution in [0.5, 0.6) is 0 Å². The van der Waals surface area contributed by atoms with Gasteiger partial charge >= 0.3 is 6.18 Å². The van der Waals surface area contributed by atoms with Crippen LogP contribution in [0.4, 0.5) is 19.1 Å². The number of nitrogen functional groups attached to an aromatic ring is 1. The molecule has 21 heavy (non-hydrogen) atoms. The van der Waals surface area contributed by atoms with Gasteiger partial charge in [0.25, 0.3) is 0 Å². The molecule has 112 valence electrons. The molecule has 5 nitrogen and oxygen atoms in total. The fourth-order valence-corrected chi connectivity index (χ4v) is 2.47. The number of anilines is 1. The first-order valence-corrected chi connectivity index (χ1v) is 6.83. The Balaban J connectivity index is 2.69. The van der Waals surface area contributed by atoms with Crippen molar-refractivity contribution in [2.45, 2.75) is 18.0 Å². The lowest BCUT2D eigenvalue weighted by atomic mass is 10.0. The smallest absolute Gasteiger partial charge is 0.368 e. The summed E-state index contributed by atoms with van der Waals surface area (Å²) in [6, 6.07) is 2.50. The molecule has 9 heteroatoms. The molecular weight excluding hydrogens is 307 g/mol. The molecule has 0 fully saturated rings. The summed E-state index contributed by atoms with van der Waals surface area (Å²) in [7, 11) is -3.21. The van der Waals surface area contributed by atoms with Crippen molar-refractivity contribution in [1.29, 1.82) is 0 Å². The van der Waals surface area contributed by atoms with E-state index in [2.05, 4.69) is 9.97 Å². The maximum Gasteiger partial charge on any atom is 0.416 e. The van der Waals surface area contributed by atoms with Gasteiger partial charge in [0.1, 0.15) is 0 Å². The molecule has 0 radical (unpaired) electrons. The van der Waals surface area contributed by atoms with Gasteiger partial charge in [-0.3, -0.25) is 0 Å². The molecule has 0 unspecified atom stereocenters. The lowest BCUT2D eigenvalue weighted by molar-refractivity contribution is -0.137. The maximum absolute atomic E-state index is 12.7. The summed E-state index contributed by atoms with van der Waals surface area (Å²) in [4.78, 5) is 7.17. The van der Waals surface area contributed by atoms with Gasteiger partial charge in [-0.15, -0.1) is 0 Å². The van der Waals surface area contributed by atoms with Crippen LogP contribution in [0.2, 0.25) is 0 Å². The summed E-state index contributed by atoms with van der Waals surface area (Å²) >= 11 is 0. The highest BCUT2D eigenvalue weighted by Gasteiger charge is 2.31. The molecule has 0 saturated carbocycles. The number of thiol groups is 1. The third kappa shape index (κ3) is 3.13. The second kappa shape index (κ2) is 5.32. The van der Waals surface area contributed by atoms with Crippen molar-refractivity contribution in [1.82, 2.24) is 9.97 Å². The van der Waals surface area contributed by atoms with Crippen molar-refractivity contribution in [3.05, 3.63) is 35.7 Å². The fourth-order valence-electron chi connectivity index (χ4n) is 1.84. The van der Waals surface area contributed by atoms with E-state index in [0.717, 1.165) is 12.1 Å². The predicted octanol–water partition coefficient (Wildman–Crippen LogP) is 2.02. The molecule has 1 aromatic carbocycles. The highest BCUT2D eigenvalue weighted by atomic mass is 32.2. The molecule has 0 atom stereocenters. The van der Waals surface area contributed by atoms with E-state index in [0.29, 0.717) is 17.3 Å². The summed E-state index contributed by atoms with van der Waals surface area (Å²) in [6.45, 7) is 1.56. The van der Waals surface area contributed by atoms with Crippen LogP contribution in [0.1, 0.15) is 11.3 Å². The summed E-state index contributed by atoms with van der Waals surface area (Å²) in [5, 5.41) is 0. The van der Waals surface area contributed by atoms with Crippen LogP contribution < -0.4 is 5.73 Å². The lowest BCUT2D eigenvalue weighted by Gasteiger charge is -2.11. The Labute approximate surface area is 119 Å². The van der Waals surface area contributed by atoms with E-state index in [1.54, 1.807) is 6.92 Å². The highest BCUT2D eigenvalue weighted by molar-refractivity contribution is 7.72. The van der Waals surface area contributed by atoms with E-state index in [9.17, 15) is 21.6 Å². The first-order valence-electron chi connectivity index (χ1n) is 5.65. The van der Waals surface area contributed by atoms with Crippen LogP contribution in [0.15, 0.2) is 29.3 Å². The molecule has 2 aromatic rings. The van der Waals surface area contributed by atoms with Crippen LogP contribution >= 0.6 is 0 Å². The second-order valence-electron chi connectivity index (χ2n) is 4.21. The van der Waals surface area contributed by atoms with Gasteiger partial charge in [0.15, 0.2) is 10.7 Å². The molecular formula is C12H10F3N3O2S. The van der Waals surface area contributed by atoms with Gasteiger partial charge in [-0.2, -0.15) is 13.2 Å². The van der Waals surface area contributed by atoms with E-state index >= 15 is 0 Å². The van der Waals surface area contributed by atoms with Crippen molar-refractivity contribution in [3.8, 4) is 11.1 Å². The van der Waals surface area contributed by atoms with Gasteiger partial charge in [-0.25, -0.2) is 18.4 Å². The number of nitrogens with zero attached hydrogens (tertiary/aromatic N) is 2. The van der Waals surface area contributed by atoms with E-state index in [4.69, 9.17) is 5.73 Å². The van der Waals surface area contributed by atoms with Gasteiger partial charge in [-0.05, 0) is 19.1 Å². The molecule has 0 bridgehead atoms. The molecule has 0 aliphatic carbocycles. The van der Waals surface area contributed by atoms with Crippen molar-refractivity contribution in [3.63, 3.8) is 0 Å². The Morgan fingerprint density at radius 3 is 2.38 bits per heavy atom. The Kier molecular flexibility index (Phi) is 3.86. The van der Waals surface area contributed by atoms with Gasteiger partial charge in [-0.1, -0.05) is 6.07 Å². The van der Waals surface area contributed by atoms with E-state index in [1.807, 2.05) is 0 Å². The minimum atomic E-state index is -4.62. The molecule has 0 amide bonds. The van der Waals surface area contributed by atoms with Crippen molar-refractivity contribution < 1.29 is 21.6 Å². The van der Waals surface area contributed by atoms with Crippen LogP contribution in [0.25, 0.3) is 11.1 Å². The predicted molar refractivity (Wildman–Crippen MR) is 70.2 cm³/mol. The number of benzene rings is 1. The van der Waals surface area contributed by atoms with Crippen LogP contribution in [-0.2, 0) is 16.9 Å². The molecule has 0 spiro atoms. The van der Waals surface area contributed by atoms with Crippen molar-refractivity contribution in [2.24, 2.45) is 0 Å². The summed E-state index contributed by atoms with van der Waals surface area (Å²) in [6.07, 6.45) is -3.34. The number of nitrogens with two attached hydrogens (primary N) is 1. The van der Waals surface area contributed by atoms with Gasteiger partial charge in [0.05, 0.1) is 16.2 Å². The third-order valence-electron chi connectivity index (χ3n) is 2.81. The number of hydrogen-bond donors (Lipinski definition) is 2. The molecule has 1 aromatic heterocycles. The number of hydrogen-bond acceptors (Lipinski definition) is 5.